The molecular weight excluding hydrogens is 416 g/mol. The van der Waals surface area contributed by atoms with Crippen molar-refractivity contribution in [2.24, 2.45) is 0 Å². The van der Waals surface area contributed by atoms with E-state index in [4.69, 9.17) is 14.4 Å². The Morgan fingerprint density at radius 2 is 1.32 bits per heavy atom. The number of nitrogens with one attached hydrogen (secondary N) is 1. The van der Waals surface area contributed by atoms with E-state index >= 15 is 0 Å². The summed E-state index contributed by atoms with van der Waals surface area (Å²) in [6.45, 7) is 5.44. The van der Waals surface area contributed by atoms with Gasteiger partial charge in [0.05, 0.1) is 5.75 Å². The third kappa shape index (κ3) is 31.0. The van der Waals surface area contributed by atoms with Crippen LogP contribution in [0.1, 0.15) is 84.0 Å². The van der Waals surface area contributed by atoms with E-state index < -0.39 is 24.3 Å². The van der Waals surface area contributed by atoms with E-state index in [1.807, 2.05) is 5.48 Å². The zero-order chi connectivity index (χ0) is 21.0. The molecule has 0 unspecified atom stereocenters. The first kappa shape index (κ1) is 32.9. The van der Waals surface area contributed by atoms with Crippen LogP contribution in [0.15, 0.2) is 12.7 Å². The van der Waals surface area contributed by atoms with Gasteiger partial charge in [-0.05, 0) is 12.5 Å². The second kappa shape index (κ2) is 23.5. The Balaban J connectivity index is -0.00000113. The fourth-order valence-corrected chi connectivity index (χ4v) is 3.16. The molecule has 0 aromatic rings. The van der Waals surface area contributed by atoms with Crippen molar-refractivity contribution in [3.05, 3.63) is 12.7 Å². The molecule has 0 saturated heterocycles. The van der Waals surface area contributed by atoms with Gasteiger partial charge < -0.3 is 9.79 Å². The fourth-order valence-electron chi connectivity index (χ4n) is 2.31. The maximum atomic E-state index is 11.5. The van der Waals surface area contributed by atoms with E-state index in [-0.39, 0.29) is 35.3 Å². The van der Waals surface area contributed by atoms with Gasteiger partial charge in [-0.3, -0.25) is 9.36 Å². The maximum absolute atomic E-state index is 11.5. The first-order chi connectivity index (χ1) is 12.7. The number of hydroxylamine groups is 1. The molecule has 28 heavy (non-hydrogen) atoms. The van der Waals surface area contributed by atoms with Crippen LogP contribution in [-0.4, -0.2) is 59.4 Å². The molecule has 3 N–H and O–H groups in total. The molecule has 0 spiro atoms. The molecule has 0 fully saturated rings. The number of unbranched alkanes of at least 4 members (excludes halogenated alkanes) is 11. The molecule has 0 rings (SSSR count). The zero-order valence-electron chi connectivity index (χ0n) is 16.3. The van der Waals surface area contributed by atoms with Crippen LogP contribution >= 0.6 is 8.25 Å². The molecule has 0 heterocycles. The van der Waals surface area contributed by atoms with E-state index in [0.717, 1.165) is 25.3 Å². The molecule has 0 aromatic heterocycles. The summed E-state index contributed by atoms with van der Waals surface area (Å²) in [5.74, 6) is -0.731. The summed E-state index contributed by atoms with van der Waals surface area (Å²) >= 11 is 0. The Kier molecular flexibility index (Phi) is 27.7. The monoisotopic (exact) mass is 453 g/mol. The molecular formula is C17H37NNaO7PS. The molecule has 1 amide bonds. The van der Waals surface area contributed by atoms with Gasteiger partial charge in [0.15, 0.2) is 0 Å². The van der Waals surface area contributed by atoms with Gasteiger partial charge in [0.1, 0.15) is 0 Å². The Labute approximate surface area is 192 Å². The van der Waals surface area contributed by atoms with Gasteiger partial charge in [0.25, 0.3) is 16.0 Å². The van der Waals surface area contributed by atoms with Crippen molar-refractivity contribution in [2.45, 2.75) is 84.0 Å². The van der Waals surface area contributed by atoms with Crippen molar-refractivity contribution >= 4 is 53.8 Å². The van der Waals surface area contributed by atoms with Gasteiger partial charge >= 0.3 is 37.8 Å². The van der Waals surface area contributed by atoms with Gasteiger partial charge in [-0.25, -0.2) is 5.48 Å². The number of hydrogen-bond donors (Lipinski definition) is 3. The molecule has 0 saturated carbocycles. The molecule has 0 aliphatic rings. The van der Waals surface area contributed by atoms with Crippen LogP contribution in [0.4, 0.5) is 0 Å². The summed E-state index contributed by atoms with van der Waals surface area (Å²) in [5, 5.41) is 0. The zero-order valence-corrected chi connectivity index (χ0v) is 18.1. The Morgan fingerprint density at radius 3 is 1.68 bits per heavy atom. The van der Waals surface area contributed by atoms with Crippen molar-refractivity contribution in [3.8, 4) is 0 Å². The van der Waals surface area contributed by atoms with E-state index in [0.29, 0.717) is 6.42 Å². The first-order valence-electron chi connectivity index (χ1n) is 9.50. The summed E-state index contributed by atoms with van der Waals surface area (Å²) in [4.78, 5) is 25.1. The van der Waals surface area contributed by atoms with E-state index in [1.54, 1.807) is 0 Å². The third-order valence-corrected chi connectivity index (χ3v) is 4.83. The summed E-state index contributed by atoms with van der Waals surface area (Å²) in [7, 11) is -6.81. The second-order valence-electron chi connectivity index (χ2n) is 6.19. The van der Waals surface area contributed by atoms with Crippen molar-refractivity contribution in [3.63, 3.8) is 0 Å². The minimum atomic E-state index is -3.68. The van der Waals surface area contributed by atoms with Crippen molar-refractivity contribution in [2.75, 3.05) is 5.75 Å². The van der Waals surface area contributed by atoms with Crippen LogP contribution in [-0.2, 0) is 23.8 Å². The van der Waals surface area contributed by atoms with E-state index in [9.17, 15) is 13.2 Å². The van der Waals surface area contributed by atoms with Crippen molar-refractivity contribution < 1.29 is 31.8 Å². The van der Waals surface area contributed by atoms with E-state index in [1.165, 1.54) is 51.4 Å². The number of carbonyl (C=O) groups is 1. The third-order valence-electron chi connectivity index (χ3n) is 3.70. The van der Waals surface area contributed by atoms with Crippen LogP contribution < -0.4 is 5.48 Å². The summed E-state index contributed by atoms with van der Waals surface area (Å²) in [6, 6.07) is 0. The molecule has 0 aromatic carbocycles. The Morgan fingerprint density at radius 1 is 0.964 bits per heavy atom. The molecule has 0 bridgehead atoms. The average molecular weight is 454 g/mol. The van der Waals surface area contributed by atoms with Crippen LogP contribution in [0, 0.1) is 0 Å². The van der Waals surface area contributed by atoms with Gasteiger partial charge in [0, 0.05) is 0 Å². The van der Waals surface area contributed by atoms with Crippen LogP contribution in [0.3, 0.4) is 0 Å². The first-order valence-corrected chi connectivity index (χ1v) is 12.4. The van der Waals surface area contributed by atoms with Gasteiger partial charge in [0.2, 0.25) is 0 Å². The topological polar surface area (TPSA) is 130 Å². The summed E-state index contributed by atoms with van der Waals surface area (Å²) in [5.41, 5.74) is 1.82. The Bertz CT molecular complexity index is 500. The van der Waals surface area contributed by atoms with Crippen LogP contribution in [0.2, 0.25) is 0 Å². The Hall–Kier alpha value is 0.270. The molecule has 0 aliphatic carbocycles. The van der Waals surface area contributed by atoms with Gasteiger partial charge in [-0.15, -0.1) is 4.28 Å². The van der Waals surface area contributed by atoms with Crippen LogP contribution in [0.5, 0.6) is 0 Å². The van der Waals surface area contributed by atoms with Crippen molar-refractivity contribution in [1.29, 1.82) is 0 Å². The summed E-state index contributed by atoms with van der Waals surface area (Å²) < 4.78 is 36.0. The standard InChI is InChI=1S/C17H33NO4S.Na.H3O3P.H/c1-3-5-6-7-8-9-10-11-12-13-14-15-16-23(20,21)22-18-17(19)4-2;;1-4(2)3;/h4H,2-3,5-16H2,1H3,(H,18,19);;4H,(H2,1,2,3);. The van der Waals surface area contributed by atoms with E-state index in [2.05, 4.69) is 17.8 Å². The molecule has 164 valence electrons. The molecule has 8 nitrogen and oxygen atoms in total. The average Bonchev–Trinajstić information content (AvgIpc) is 2.60. The molecule has 0 radical (unpaired) electrons. The number of hydrogen-bond acceptors (Lipinski definition) is 5. The quantitative estimate of drug-likeness (QED) is 0.108. The van der Waals surface area contributed by atoms with Crippen molar-refractivity contribution in [1.82, 2.24) is 5.48 Å². The SMILES string of the molecule is C=CC(=O)NOS(=O)(=O)CCCCCCCCCCCCCC.O=[PH](O)O.[NaH]. The molecule has 11 heteroatoms. The van der Waals surface area contributed by atoms with Gasteiger partial charge in [-0.2, -0.15) is 8.42 Å². The van der Waals surface area contributed by atoms with Crippen LogP contribution in [0.25, 0.3) is 0 Å². The fraction of sp³-hybridized carbons (Fsp3) is 0.824. The van der Waals surface area contributed by atoms with Gasteiger partial charge in [-0.1, -0.05) is 84.1 Å². The minimum absolute atomic E-state index is 0. The second-order valence-corrected chi connectivity index (χ2v) is 8.44. The predicted molar refractivity (Wildman–Crippen MR) is 115 cm³/mol. The normalized spacial score (nSPS) is 10.6. The summed E-state index contributed by atoms with van der Waals surface area (Å²) in [6.07, 6.45) is 15.1. The molecule has 0 atom stereocenters. The number of rotatable bonds is 16. The predicted octanol–water partition coefficient (Wildman–Crippen LogP) is 2.96. The molecule has 0 aliphatic heterocycles. The number of carbonyl (C=O) groups excluding carboxylic acids is 1. The number of amides is 1.